The fourth-order valence-electron chi connectivity index (χ4n) is 4.00. The topological polar surface area (TPSA) is 31.2 Å². The van der Waals surface area contributed by atoms with E-state index in [1.807, 2.05) is 36.4 Å². The molecule has 148 valence electrons. The van der Waals surface area contributed by atoms with E-state index in [4.69, 9.17) is 10.1 Å². The lowest BCUT2D eigenvalue weighted by atomic mass is 10.1. The fourth-order valence-corrected chi connectivity index (χ4v) is 5.36. The lowest BCUT2D eigenvalue weighted by molar-refractivity contribution is 0.657. The number of rotatable bonds is 4. The maximum atomic E-state index is 5.12. The second-order valence-corrected chi connectivity index (χ2v) is 8.37. The summed E-state index contributed by atoms with van der Waals surface area (Å²) in [5, 5.41) is 8.20. The molecule has 3 aromatic carbocycles. The van der Waals surface area contributed by atoms with E-state index >= 15 is 0 Å². The van der Waals surface area contributed by atoms with Gasteiger partial charge in [-0.1, -0.05) is 66.7 Å². The minimum Gasteiger partial charge on any atom is -0.328 e. The van der Waals surface area contributed by atoms with Gasteiger partial charge in [0.15, 0.2) is 0 Å². The predicted molar refractivity (Wildman–Crippen MR) is 129 cm³/mol. The van der Waals surface area contributed by atoms with Crippen molar-refractivity contribution >= 4 is 39.6 Å². The molecule has 3 aromatic rings. The molecule has 4 nitrogen and oxygen atoms in total. The van der Waals surface area contributed by atoms with Crippen LogP contribution in [-0.4, -0.2) is 22.3 Å². The first-order valence-electron chi connectivity index (χ1n) is 9.95. The maximum absolute atomic E-state index is 5.12. The van der Waals surface area contributed by atoms with Crippen LogP contribution in [0.5, 0.6) is 0 Å². The summed E-state index contributed by atoms with van der Waals surface area (Å²) >= 11 is 1.73. The molecule has 0 amide bonds. The first-order chi connectivity index (χ1) is 14.7. The molecule has 0 bridgehead atoms. The van der Waals surface area contributed by atoms with Crippen LogP contribution >= 0.6 is 11.8 Å². The molecular weight excluding hydrogens is 388 g/mol. The summed E-state index contributed by atoms with van der Waals surface area (Å²) in [5.41, 5.74) is 5.18. The third kappa shape index (κ3) is 2.85. The molecule has 0 saturated heterocycles. The van der Waals surface area contributed by atoms with E-state index in [1.54, 1.807) is 11.8 Å². The lowest BCUT2D eigenvalue weighted by Crippen LogP contribution is -2.61. The number of anilines is 2. The number of hydrogen-bond donors (Lipinski definition) is 0. The summed E-state index contributed by atoms with van der Waals surface area (Å²) in [6.07, 6.45) is 1.95. The van der Waals surface area contributed by atoms with Gasteiger partial charge in [0.1, 0.15) is 5.04 Å². The summed E-state index contributed by atoms with van der Waals surface area (Å²) in [6.45, 7) is 6.81. The highest BCUT2D eigenvalue weighted by Gasteiger charge is 2.54. The van der Waals surface area contributed by atoms with E-state index in [0.717, 1.165) is 33.4 Å². The van der Waals surface area contributed by atoms with E-state index < -0.39 is 4.99 Å². The first kappa shape index (κ1) is 18.7. The van der Waals surface area contributed by atoms with E-state index in [2.05, 4.69) is 78.0 Å². The molecule has 0 aliphatic carbocycles. The Morgan fingerprint density at radius 3 is 2.33 bits per heavy atom. The van der Waals surface area contributed by atoms with Gasteiger partial charge in [-0.2, -0.15) is 5.10 Å². The smallest absolute Gasteiger partial charge is 0.227 e. The van der Waals surface area contributed by atoms with Crippen LogP contribution in [0.15, 0.2) is 108 Å². The van der Waals surface area contributed by atoms with E-state index in [9.17, 15) is 0 Å². The number of para-hydroxylation sites is 3. The second-order valence-electron chi connectivity index (χ2n) is 7.21. The van der Waals surface area contributed by atoms with Crippen LogP contribution < -0.4 is 9.91 Å². The Morgan fingerprint density at radius 1 is 0.933 bits per heavy atom. The minimum absolute atomic E-state index is 0.602. The number of fused-ring (bicyclic) bond motifs is 1. The van der Waals surface area contributed by atoms with Crippen molar-refractivity contribution in [2.75, 3.05) is 16.5 Å². The van der Waals surface area contributed by atoms with Crippen LogP contribution in [0.4, 0.5) is 17.1 Å². The Bertz CT molecular complexity index is 1140. The minimum atomic E-state index is -0.602. The zero-order valence-corrected chi connectivity index (χ0v) is 17.6. The van der Waals surface area contributed by atoms with E-state index in [1.165, 1.54) is 0 Å². The van der Waals surface area contributed by atoms with Gasteiger partial charge in [-0.25, -0.2) is 5.01 Å². The van der Waals surface area contributed by atoms with Gasteiger partial charge in [-0.05, 0) is 43.0 Å². The number of benzene rings is 3. The zero-order chi connectivity index (χ0) is 20.6. The number of hydrogen-bond acceptors (Lipinski definition) is 5. The Labute approximate surface area is 181 Å². The van der Waals surface area contributed by atoms with E-state index in [0.29, 0.717) is 6.54 Å². The summed E-state index contributed by atoms with van der Waals surface area (Å²) < 4.78 is 0. The zero-order valence-electron chi connectivity index (χ0n) is 16.8. The van der Waals surface area contributed by atoms with Crippen molar-refractivity contribution in [3.8, 4) is 0 Å². The average molecular weight is 411 g/mol. The molecule has 0 radical (unpaired) electrons. The van der Waals surface area contributed by atoms with Gasteiger partial charge in [0, 0.05) is 12.1 Å². The lowest BCUT2D eigenvalue weighted by Gasteiger charge is -2.48. The molecule has 5 rings (SSSR count). The largest absolute Gasteiger partial charge is 0.328 e. The van der Waals surface area contributed by atoms with Gasteiger partial charge in [-0.3, -0.25) is 4.99 Å². The second kappa shape index (κ2) is 7.50. The van der Waals surface area contributed by atoms with Gasteiger partial charge in [-0.15, -0.1) is 6.58 Å². The van der Waals surface area contributed by atoms with Crippen LogP contribution in [0.25, 0.3) is 0 Å². The number of nitrogens with zero attached hydrogens (tertiary/aromatic N) is 4. The van der Waals surface area contributed by atoms with Crippen molar-refractivity contribution in [1.29, 1.82) is 0 Å². The monoisotopic (exact) mass is 410 g/mol. The Kier molecular flexibility index (Phi) is 4.68. The Balaban J connectivity index is 1.73. The molecule has 0 saturated carbocycles. The normalized spacial score (nSPS) is 20.0. The predicted octanol–water partition coefficient (Wildman–Crippen LogP) is 6.05. The average Bonchev–Trinajstić information content (AvgIpc) is 3.20. The summed E-state index contributed by atoms with van der Waals surface area (Å²) in [4.78, 5) is 6.78. The number of thioether (sulfide) groups is 1. The molecule has 0 aromatic heterocycles. The fraction of sp³-hybridized carbons (Fsp3) is 0.120. The molecule has 0 fully saturated rings. The molecule has 2 aliphatic rings. The Morgan fingerprint density at radius 2 is 1.60 bits per heavy atom. The molecule has 30 heavy (non-hydrogen) atoms. The molecule has 1 spiro atoms. The first-order valence-corrected chi connectivity index (χ1v) is 10.8. The van der Waals surface area contributed by atoms with Crippen molar-refractivity contribution in [2.45, 2.75) is 11.9 Å². The van der Waals surface area contributed by atoms with Crippen LogP contribution in [0.3, 0.4) is 0 Å². The maximum Gasteiger partial charge on any atom is 0.227 e. The van der Waals surface area contributed by atoms with Crippen LogP contribution in [0.1, 0.15) is 12.5 Å². The van der Waals surface area contributed by atoms with Gasteiger partial charge in [0.05, 0.1) is 22.8 Å². The molecule has 5 heteroatoms. The van der Waals surface area contributed by atoms with Gasteiger partial charge >= 0.3 is 0 Å². The standard InChI is InChI=1S/C25H22N4S/c1-3-18-28-23-17-11-10-16-22(23)26-19(2)25(28)29(21-14-8-5-9-15-21)27-24(30-25)20-12-6-4-7-13-20/h3-17H,1,18H2,2H3. The van der Waals surface area contributed by atoms with Crippen LogP contribution in [0.2, 0.25) is 0 Å². The Hall–Kier alpha value is -3.31. The summed E-state index contributed by atoms with van der Waals surface area (Å²) in [6, 6.07) is 28.9. The molecular formula is C25H22N4S. The van der Waals surface area contributed by atoms with Gasteiger partial charge in [0.2, 0.25) is 4.99 Å². The molecule has 2 aliphatic heterocycles. The summed E-state index contributed by atoms with van der Waals surface area (Å²) in [5.74, 6) is 0. The highest BCUT2D eigenvalue weighted by atomic mass is 32.2. The van der Waals surface area contributed by atoms with Crippen molar-refractivity contribution < 1.29 is 0 Å². The third-order valence-electron chi connectivity index (χ3n) is 5.35. The third-order valence-corrected chi connectivity index (χ3v) is 6.83. The summed E-state index contributed by atoms with van der Waals surface area (Å²) in [7, 11) is 0. The van der Waals surface area contributed by atoms with Crippen molar-refractivity contribution in [1.82, 2.24) is 0 Å². The van der Waals surface area contributed by atoms with Crippen LogP contribution in [0, 0.1) is 0 Å². The highest BCUT2D eigenvalue weighted by Crippen LogP contribution is 2.51. The van der Waals surface area contributed by atoms with Crippen LogP contribution in [-0.2, 0) is 0 Å². The number of aliphatic imine (C=N–C) groups is 1. The van der Waals surface area contributed by atoms with E-state index in [-0.39, 0.29) is 0 Å². The molecule has 2 heterocycles. The quantitative estimate of drug-likeness (QED) is 0.490. The molecule has 0 N–H and O–H groups in total. The van der Waals surface area contributed by atoms with Crippen molar-refractivity contribution in [2.24, 2.45) is 10.1 Å². The molecule has 1 atom stereocenters. The van der Waals surface area contributed by atoms with Crippen molar-refractivity contribution in [3.05, 3.63) is 103 Å². The highest BCUT2D eigenvalue weighted by molar-refractivity contribution is 8.16. The van der Waals surface area contributed by atoms with Gasteiger partial charge < -0.3 is 4.90 Å². The van der Waals surface area contributed by atoms with Crippen molar-refractivity contribution in [3.63, 3.8) is 0 Å². The molecule has 1 unspecified atom stereocenters. The SMILES string of the molecule is C=CCN1c2ccccc2N=C(C)C12SC(c1ccccc1)=NN2c1ccccc1. The van der Waals surface area contributed by atoms with Gasteiger partial charge in [0.25, 0.3) is 0 Å². The number of hydrazone groups is 1.